The molecule has 0 saturated heterocycles. The van der Waals surface area contributed by atoms with Gasteiger partial charge in [0.25, 0.3) is 0 Å². The Morgan fingerprint density at radius 2 is 2.38 bits per heavy atom. The minimum Gasteiger partial charge on any atom is -0.543 e. The normalized spacial score (nSPS) is 8.69. The van der Waals surface area contributed by atoms with E-state index < -0.39 is 5.97 Å². The van der Waals surface area contributed by atoms with Gasteiger partial charge in [-0.3, -0.25) is 0 Å². The zero-order chi connectivity index (χ0) is 8.97. The van der Waals surface area contributed by atoms with Crippen LogP contribution in [-0.2, 0) is 0 Å². The summed E-state index contributed by atoms with van der Waals surface area (Å²) in [4.78, 5) is 17.8. The number of nitrogens with one attached hydrogen (secondary N) is 1. The Hall–Kier alpha value is -1.05. The van der Waals surface area contributed by atoms with Crippen LogP contribution in [0.5, 0.6) is 0 Å². The summed E-state index contributed by atoms with van der Waals surface area (Å²) in [6, 6.07) is 1.29. The fourth-order valence-electron chi connectivity index (χ4n) is 0.716. The van der Waals surface area contributed by atoms with Crippen LogP contribution >= 0.6 is 0 Å². The number of hydrogen-bond donors (Lipinski definition) is 1. The number of hydrogen-bond acceptors (Lipinski definition) is 5. The molecule has 0 fully saturated rings. The Labute approximate surface area is 87.8 Å². The van der Waals surface area contributed by atoms with E-state index in [1.807, 2.05) is 6.92 Å². The molecule has 0 aliphatic carbocycles. The molecule has 6 heteroatoms. The third kappa shape index (κ3) is 3.45. The smallest absolute Gasteiger partial charge is 0.543 e. The minimum absolute atomic E-state index is 0. The van der Waals surface area contributed by atoms with E-state index in [4.69, 9.17) is 0 Å². The van der Waals surface area contributed by atoms with Crippen LogP contribution in [0.15, 0.2) is 12.3 Å². The molecular formula is C7H8LiN3O2. The fraction of sp³-hybridized carbons (Fsp3) is 0.286. The molecule has 1 aromatic heterocycles. The van der Waals surface area contributed by atoms with Crippen molar-refractivity contribution in [2.45, 2.75) is 6.92 Å². The second-order valence-electron chi connectivity index (χ2n) is 2.08. The van der Waals surface area contributed by atoms with Crippen molar-refractivity contribution in [3.63, 3.8) is 0 Å². The maximum Gasteiger partial charge on any atom is 1.00 e. The summed E-state index contributed by atoms with van der Waals surface area (Å²) in [5, 5.41) is 13.1. The predicted octanol–water partition coefficient (Wildman–Crippen LogP) is -3.72. The first kappa shape index (κ1) is 11.9. The van der Waals surface area contributed by atoms with Crippen LogP contribution in [0.1, 0.15) is 17.4 Å². The molecule has 1 aromatic rings. The van der Waals surface area contributed by atoms with E-state index in [2.05, 4.69) is 15.3 Å². The Balaban J connectivity index is 0.00000144. The SMILES string of the molecule is CCNc1nccc(C(=O)[O-])n1.[Li+]. The van der Waals surface area contributed by atoms with E-state index in [0.717, 1.165) is 0 Å². The van der Waals surface area contributed by atoms with Crippen LogP contribution in [0.25, 0.3) is 0 Å². The summed E-state index contributed by atoms with van der Waals surface area (Å²) in [5.74, 6) is -0.990. The van der Waals surface area contributed by atoms with Gasteiger partial charge in [0.05, 0.1) is 11.7 Å². The van der Waals surface area contributed by atoms with Gasteiger partial charge < -0.3 is 15.2 Å². The fourth-order valence-corrected chi connectivity index (χ4v) is 0.716. The maximum absolute atomic E-state index is 10.3. The molecule has 0 amide bonds. The zero-order valence-corrected chi connectivity index (χ0v) is 7.57. The Bertz CT molecular complexity index is 293. The molecule has 0 saturated carbocycles. The number of aromatic nitrogens is 2. The van der Waals surface area contributed by atoms with Gasteiger partial charge in [0.2, 0.25) is 5.95 Å². The topological polar surface area (TPSA) is 77.9 Å². The van der Waals surface area contributed by atoms with Crippen molar-refractivity contribution in [1.82, 2.24) is 9.97 Å². The van der Waals surface area contributed by atoms with Crippen LogP contribution in [0, 0.1) is 0 Å². The van der Waals surface area contributed by atoms with Crippen LogP contribution in [0.4, 0.5) is 5.95 Å². The maximum atomic E-state index is 10.3. The van der Waals surface area contributed by atoms with Crippen LogP contribution < -0.4 is 29.3 Å². The van der Waals surface area contributed by atoms with Crippen molar-refractivity contribution in [3.05, 3.63) is 18.0 Å². The summed E-state index contributed by atoms with van der Waals surface area (Å²) in [5.41, 5.74) is -0.110. The number of rotatable bonds is 3. The van der Waals surface area contributed by atoms with Crippen LogP contribution in [0.3, 0.4) is 0 Å². The molecule has 0 spiro atoms. The first-order valence-corrected chi connectivity index (χ1v) is 3.52. The van der Waals surface area contributed by atoms with Gasteiger partial charge in [-0.05, 0) is 13.0 Å². The number of carbonyl (C=O) groups excluding carboxylic acids is 1. The summed E-state index contributed by atoms with van der Waals surface area (Å²) >= 11 is 0. The van der Waals surface area contributed by atoms with Crippen LogP contribution in [0.2, 0.25) is 0 Å². The summed E-state index contributed by atoms with van der Waals surface area (Å²) < 4.78 is 0. The average molecular weight is 173 g/mol. The first-order valence-electron chi connectivity index (χ1n) is 3.52. The van der Waals surface area contributed by atoms with E-state index in [1.54, 1.807) is 0 Å². The van der Waals surface area contributed by atoms with E-state index in [1.165, 1.54) is 12.3 Å². The second kappa shape index (κ2) is 5.57. The van der Waals surface area contributed by atoms with Gasteiger partial charge in [-0.15, -0.1) is 0 Å². The molecule has 0 radical (unpaired) electrons. The van der Waals surface area contributed by atoms with E-state index in [9.17, 15) is 9.90 Å². The first-order chi connectivity index (χ1) is 5.74. The summed E-state index contributed by atoms with van der Waals surface area (Å²) in [7, 11) is 0. The minimum atomic E-state index is -1.29. The quantitative estimate of drug-likeness (QED) is 0.475. The van der Waals surface area contributed by atoms with E-state index in [-0.39, 0.29) is 24.6 Å². The van der Waals surface area contributed by atoms with Gasteiger partial charge in [-0.1, -0.05) is 0 Å². The molecule has 13 heavy (non-hydrogen) atoms. The standard InChI is InChI=1S/C7H9N3O2.Li/c1-2-8-7-9-4-3-5(10-7)6(11)12;/h3-4H,2H2,1H3,(H,11,12)(H,8,9,10);/q;+1/p-1. The van der Waals surface area contributed by atoms with E-state index in [0.29, 0.717) is 12.5 Å². The molecule has 1 rings (SSSR count). The molecule has 0 aliphatic heterocycles. The van der Waals surface area contributed by atoms with Gasteiger partial charge in [0.15, 0.2) is 0 Å². The Kier molecular flexibility index (Phi) is 5.12. The van der Waals surface area contributed by atoms with Crippen molar-refractivity contribution in [3.8, 4) is 0 Å². The van der Waals surface area contributed by atoms with Crippen LogP contribution in [-0.4, -0.2) is 22.5 Å². The number of carbonyl (C=O) groups is 1. The zero-order valence-electron chi connectivity index (χ0n) is 7.57. The van der Waals surface area contributed by atoms with Gasteiger partial charge in [0.1, 0.15) is 0 Å². The molecule has 0 bridgehead atoms. The monoisotopic (exact) mass is 173 g/mol. The van der Waals surface area contributed by atoms with Gasteiger partial charge in [-0.25, -0.2) is 9.97 Å². The molecule has 0 aromatic carbocycles. The number of nitrogens with zero attached hydrogens (tertiary/aromatic N) is 2. The number of carboxylic acids is 1. The average Bonchev–Trinajstić information content (AvgIpc) is 2.05. The second-order valence-corrected chi connectivity index (χ2v) is 2.08. The van der Waals surface area contributed by atoms with Crippen molar-refractivity contribution in [2.75, 3.05) is 11.9 Å². The molecule has 5 nitrogen and oxygen atoms in total. The largest absolute Gasteiger partial charge is 1.00 e. The molecule has 64 valence electrons. The number of carboxylic acid groups (broad SMARTS) is 1. The third-order valence-corrected chi connectivity index (χ3v) is 1.20. The van der Waals surface area contributed by atoms with Gasteiger partial charge in [0, 0.05) is 12.7 Å². The molecule has 0 aliphatic rings. The predicted molar refractivity (Wildman–Crippen MR) is 40.5 cm³/mol. The van der Waals surface area contributed by atoms with Gasteiger partial charge in [-0.2, -0.15) is 0 Å². The molecule has 1 N–H and O–H groups in total. The Morgan fingerprint density at radius 3 is 2.92 bits per heavy atom. The Morgan fingerprint density at radius 1 is 1.69 bits per heavy atom. The van der Waals surface area contributed by atoms with Crippen molar-refractivity contribution >= 4 is 11.9 Å². The summed E-state index contributed by atoms with van der Waals surface area (Å²) in [6.07, 6.45) is 1.37. The van der Waals surface area contributed by atoms with E-state index >= 15 is 0 Å². The van der Waals surface area contributed by atoms with Crippen molar-refractivity contribution in [1.29, 1.82) is 0 Å². The molecule has 0 unspecified atom stereocenters. The number of anilines is 1. The van der Waals surface area contributed by atoms with Crippen molar-refractivity contribution in [2.24, 2.45) is 0 Å². The van der Waals surface area contributed by atoms with Gasteiger partial charge >= 0.3 is 18.9 Å². The molecule has 1 heterocycles. The third-order valence-electron chi connectivity index (χ3n) is 1.20. The summed E-state index contributed by atoms with van der Waals surface area (Å²) in [6.45, 7) is 2.52. The molecule has 0 atom stereocenters. The molecular weight excluding hydrogens is 165 g/mol. The number of aromatic carboxylic acids is 1. The van der Waals surface area contributed by atoms with Crippen molar-refractivity contribution < 1.29 is 28.8 Å².